The second kappa shape index (κ2) is 4.33. The maximum atomic E-state index is 5.87. The van der Waals surface area contributed by atoms with Crippen molar-refractivity contribution in [1.29, 1.82) is 0 Å². The zero-order valence-electron chi connectivity index (χ0n) is 12.4. The molecule has 0 amide bonds. The Labute approximate surface area is 125 Å². The van der Waals surface area contributed by atoms with Gasteiger partial charge in [0.25, 0.3) is 0 Å². The summed E-state index contributed by atoms with van der Waals surface area (Å²) in [6, 6.07) is 6.33. The van der Waals surface area contributed by atoms with E-state index >= 15 is 0 Å². The summed E-state index contributed by atoms with van der Waals surface area (Å²) in [6.07, 6.45) is 7.28. The summed E-state index contributed by atoms with van der Waals surface area (Å²) >= 11 is 0. The van der Waals surface area contributed by atoms with Gasteiger partial charge in [-0.05, 0) is 67.4 Å². The molecule has 0 atom stereocenters. The standard InChI is InChI=1S/C18H23N3/c19-9-12-2-1-3-15-17(12)21-18(20-15)16-13-5-10-4-11(7-13)8-14(16)6-10/h1-3,10-11,13-14,16H,4-9,19H2,(H,20,21). The van der Waals surface area contributed by atoms with Crippen LogP contribution >= 0.6 is 0 Å². The number of hydrogen-bond acceptors (Lipinski definition) is 2. The Morgan fingerprint density at radius 2 is 1.76 bits per heavy atom. The highest BCUT2D eigenvalue weighted by Gasteiger charge is 2.49. The molecule has 21 heavy (non-hydrogen) atoms. The van der Waals surface area contributed by atoms with Crippen molar-refractivity contribution in [2.75, 3.05) is 0 Å². The number of hydrogen-bond donors (Lipinski definition) is 2. The van der Waals surface area contributed by atoms with Gasteiger partial charge in [-0.15, -0.1) is 0 Å². The molecule has 110 valence electrons. The molecule has 0 radical (unpaired) electrons. The Morgan fingerprint density at radius 1 is 1.05 bits per heavy atom. The van der Waals surface area contributed by atoms with Crippen LogP contribution in [0.3, 0.4) is 0 Å². The molecule has 6 rings (SSSR count). The van der Waals surface area contributed by atoms with Gasteiger partial charge in [0.15, 0.2) is 0 Å². The van der Waals surface area contributed by atoms with E-state index < -0.39 is 0 Å². The lowest BCUT2D eigenvalue weighted by Gasteiger charge is -2.53. The van der Waals surface area contributed by atoms with Crippen LogP contribution < -0.4 is 5.73 Å². The molecule has 2 aromatic rings. The van der Waals surface area contributed by atoms with Crippen LogP contribution in [0.4, 0.5) is 0 Å². The maximum absolute atomic E-state index is 5.87. The molecule has 1 aromatic heterocycles. The van der Waals surface area contributed by atoms with E-state index in [2.05, 4.69) is 23.2 Å². The van der Waals surface area contributed by atoms with Gasteiger partial charge in [0.05, 0.1) is 11.0 Å². The van der Waals surface area contributed by atoms with Gasteiger partial charge < -0.3 is 10.7 Å². The van der Waals surface area contributed by atoms with E-state index in [0.717, 1.165) is 29.2 Å². The van der Waals surface area contributed by atoms with Crippen LogP contribution in [0.2, 0.25) is 0 Å². The molecule has 4 saturated carbocycles. The van der Waals surface area contributed by atoms with Gasteiger partial charge in [-0.1, -0.05) is 12.1 Å². The highest BCUT2D eigenvalue weighted by Crippen LogP contribution is 2.59. The summed E-state index contributed by atoms with van der Waals surface area (Å²) < 4.78 is 0. The van der Waals surface area contributed by atoms with E-state index in [1.807, 2.05) is 0 Å². The average molecular weight is 281 g/mol. The van der Waals surface area contributed by atoms with Crippen LogP contribution in [0.5, 0.6) is 0 Å². The summed E-state index contributed by atoms with van der Waals surface area (Å²) in [7, 11) is 0. The van der Waals surface area contributed by atoms with Crippen molar-refractivity contribution in [3.8, 4) is 0 Å². The second-order valence-electron chi connectivity index (χ2n) is 7.60. The molecule has 4 aliphatic carbocycles. The molecular formula is C18H23N3. The first kappa shape index (κ1) is 12.2. The van der Waals surface area contributed by atoms with Crippen LogP contribution in [0.15, 0.2) is 18.2 Å². The predicted octanol–water partition coefficient (Wildman–Crippen LogP) is 3.56. The minimum Gasteiger partial charge on any atom is -0.342 e. The predicted molar refractivity (Wildman–Crippen MR) is 83.8 cm³/mol. The number of nitrogens with two attached hydrogens (primary N) is 1. The molecule has 1 heterocycles. The number of nitrogens with one attached hydrogen (secondary N) is 1. The average Bonchev–Trinajstić information content (AvgIpc) is 2.89. The van der Waals surface area contributed by atoms with Crippen LogP contribution in [0.1, 0.15) is 49.4 Å². The first-order valence-electron chi connectivity index (χ1n) is 8.49. The van der Waals surface area contributed by atoms with Crippen LogP contribution in [0, 0.1) is 23.7 Å². The van der Waals surface area contributed by atoms with Crippen LogP contribution in [-0.2, 0) is 6.54 Å². The van der Waals surface area contributed by atoms with Crippen molar-refractivity contribution in [2.24, 2.45) is 29.4 Å². The monoisotopic (exact) mass is 281 g/mol. The van der Waals surface area contributed by atoms with Gasteiger partial charge in [-0.25, -0.2) is 4.98 Å². The molecule has 3 nitrogen and oxygen atoms in total. The van der Waals surface area contributed by atoms with E-state index in [4.69, 9.17) is 10.7 Å². The SMILES string of the molecule is NCc1cccc2[nH]c(C3C4CC5CC(C4)CC3C5)nc12. The van der Waals surface area contributed by atoms with Gasteiger partial charge >= 0.3 is 0 Å². The summed E-state index contributed by atoms with van der Waals surface area (Å²) in [4.78, 5) is 8.63. The van der Waals surface area contributed by atoms with Crippen molar-refractivity contribution in [2.45, 2.75) is 44.6 Å². The van der Waals surface area contributed by atoms with E-state index in [-0.39, 0.29) is 0 Å². The number of H-pyrrole nitrogens is 1. The first-order valence-corrected chi connectivity index (χ1v) is 8.49. The maximum Gasteiger partial charge on any atom is 0.110 e. The Hall–Kier alpha value is -1.35. The first-order chi connectivity index (χ1) is 10.3. The number of imidazole rings is 1. The van der Waals surface area contributed by atoms with Crippen molar-refractivity contribution in [3.63, 3.8) is 0 Å². The number of para-hydroxylation sites is 1. The van der Waals surface area contributed by atoms with Crippen molar-refractivity contribution < 1.29 is 0 Å². The van der Waals surface area contributed by atoms with Gasteiger partial charge in [0, 0.05) is 12.5 Å². The smallest absolute Gasteiger partial charge is 0.110 e. The lowest BCUT2D eigenvalue weighted by molar-refractivity contribution is -0.00528. The third-order valence-electron chi connectivity index (χ3n) is 6.38. The van der Waals surface area contributed by atoms with Gasteiger partial charge in [-0.2, -0.15) is 0 Å². The topological polar surface area (TPSA) is 54.7 Å². The van der Waals surface area contributed by atoms with Crippen LogP contribution in [-0.4, -0.2) is 9.97 Å². The van der Waals surface area contributed by atoms with Crippen molar-refractivity contribution >= 4 is 11.0 Å². The number of fused-ring (bicyclic) bond motifs is 1. The fraction of sp³-hybridized carbons (Fsp3) is 0.611. The molecule has 4 bridgehead atoms. The van der Waals surface area contributed by atoms with Gasteiger partial charge in [0.2, 0.25) is 0 Å². The summed E-state index contributed by atoms with van der Waals surface area (Å²) in [6.45, 7) is 0.573. The molecule has 0 spiro atoms. The third kappa shape index (κ3) is 1.73. The Morgan fingerprint density at radius 3 is 2.43 bits per heavy atom. The van der Waals surface area contributed by atoms with Crippen molar-refractivity contribution in [1.82, 2.24) is 9.97 Å². The lowest BCUT2D eigenvalue weighted by Crippen LogP contribution is -2.44. The van der Waals surface area contributed by atoms with Crippen molar-refractivity contribution in [3.05, 3.63) is 29.6 Å². The third-order valence-corrected chi connectivity index (χ3v) is 6.38. The van der Waals surface area contributed by atoms with E-state index in [9.17, 15) is 0 Å². The molecule has 4 aliphatic rings. The zero-order chi connectivity index (χ0) is 14.0. The minimum absolute atomic E-state index is 0.573. The number of nitrogens with zero attached hydrogens (tertiary/aromatic N) is 1. The molecule has 3 N–H and O–H groups in total. The van der Waals surface area contributed by atoms with Gasteiger partial charge in [-0.3, -0.25) is 0 Å². The molecule has 0 aliphatic heterocycles. The molecule has 0 unspecified atom stereocenters. The number of rotatable bonds is 2. The Balaban J connectivity index is 1.58. The number of aromatic amines is 1. The highest BCUT2D eigenvalue weighted by atomic mass is 14.9. The second-order valence-corrected chi connectivity index (χ2v) is 7.60. The minimum atomic E-state index is 0.573. The van der Waals surface area contributed by atoms with E-state index in [1.54, 1.807) is 0 Å². The molecular weight excluding hydrogens is 258 g/mol. The fourth-order valence-electron chi connectivity index (χ4n) is 5.80. The highest BCUT2D eigenvalue weighted by molar-refractivity contribution is 5.78. The zero-order valence-corrected chi connectivity index (χ0v) is 12.4. The van der Waals surface area contributed by atoms with E-state index in [1.165, 1.54) is 49.0 Å². The Kier molecular flexibility index (Phi) is 2.52. The normalized spacial score (nSPS) is 37.5. The van der Waals surface area contributed by atoms with E-state index in [0.29, 0.717) is 12.5 Å². The summed E-state index contributed by atoms with van der Waals surface area (Å²) in [5, 5.41) is 0. The summed E-state index contributed by atoms with van der Waals surface area (Å²) in [5.74, 6) is 5.72. The number of benzene rings is 1. The lowest BCUT2D eigenvalue weighted by atomic mass is 9.52. The number of aromatic nitrogens is 2. The molecule has 1 aromatic carbocycles. The van der Waals surface area contributed by atoms with Crippen LogP contribution in [0.25, 0.3) is 11.0 Å². The Bertz CT molecular complexity index is 659. The fourth-order valence-corrected chi connectivity index (χ4v) is 5.80. The van der Waals surface area contributed by atoms with Gasteiger partial charge in [0.1, 0.15) is 5.82 Å². The largest absolute Gasteiger partial charge is 0.342 e. The summed E-state index contributed by atoms with van der Waals surface area (Å²) in [5.41, 5.74) is 9.30. The molecule has 4 fully saturated rings. The molecule has 3 heteroatoms. The molecule has 0 saturated heterocycles. The quantitative estimate of drug-likeness (QED) is 0.884.